The molecule has 1 amide bonds. The molecule has 1 heterocycles. The highest BCUT2D eigenvalue weighted by Gasteiger charge is 2.10. The van der Waals surface area contributed by atoms with Gasteiger partial charge in [0.05, 0.1) is 10.7 Å². The minimum absolute atomic E-state index is 0.187. The molecule has 120 valence electrons. The fourth-order valence-electron chi connectivity index (χ4n) is 1.98. The maximum absolute atomic E-state index is 12.2. The predicted octanol–water partition coefficient (Wildman–Crippen LogP) is 4.78. The molecule has 0 aliphatic heterocycles. The van der Waals surface area contributed by atoms with E-state index in [0.717, 1.165) is 5.69 Å². The number of halogens is 2. The predicted molar refractivity (Wildman–Crippen MR) is 96.2 cm³/mol. The Hall–Kier alpha value is -2.63. The largest absolute Gasteiger partial charge is 0.339 e. The Kier molecular flexibility index (Phi) is 4.93. The number of nitrogens with zero attached hydrogens (tertiary/aromatic N) is 2. The minimum Gasteiger partial charge on any atom is -0.339 e. The molecule has 0 spiro atoms. The van der Waals surface area contributed by atoms with Gasteiger partial charge < -0.3 is 10.6 Å². The molecule has 3 aromatic rings. The average Bonchev–Trinajstić information content (AvgIpc) is 2.57. The molecule has 0 fully saturated rings. The molecule has 2 aromatic carbocycles. The lowest BCUT2D eigenvalue weighted by Crippen LogP contribution is -2.14. The number of rotatable bonds is 4. The van der Waals surface area contributed by atoms with Gasteiger partial charge in [0, 0.05) is 10.7 Å². The van der Waals surface area contributed by atoms with Crippen LogP contribution in [0.15, 0.2) is 60.7 Å². The number of hydrogen-bond acceptors (Lipinski definition) is 4. The van der Waals surface area contributed by atoms with Gasteiger partial charge in [-0.05, 0) is 42.5 Å². The molecule has 3 rings (SSSR count). The van der Waals surface area contributed by atoms with Crippen molar-refractivity contribution >= 4 is 46.3 Å². The smallest absolute Gasteiger partial charge is 0.276 e. The zero-order valence-corrected chi connectivity index (χ0v) is 13.8. The lowest BCUT2D eigenvalue weighted by molar-refractivity contribution is 0.102. The van der Waals surface area contributed by atoms with E-state index in [2.05, 4.69) is 20.8 Å². The monoisotopic (exact) mass is 358 g/mol. The highest BCUT2D eigenvalue weighted by Crippen LogP contribution is 2.21. The van der Waals surface area contributed by atoms with Crippen molar-refractivity contribution in [3.8, 4) is 0 Å². The van der Waals surface area contributed by atoms with Crippen molar-refractivity contribution in [2.24, 2.45) is 0 Å². The number of para-hydroxylation sites is 1. The summed E-state index contributed by atoms with van der Waals surface area (Å²) in [7, 11) is 0. The molecular formula is C17H12Cl2N4O. The fourth-order valence-corrected chi connectivity index (χ4v) is 2.36. The molecule has 0 saturated heterocycles. The number of aromatic nitrogens is 2. The summed E-state index contributed by atoms with van der Waals surface area (Å²) in [5.41, 5.74) is 1.49. The summed E-state index contributed by atoms with van der Waals surface area (Å²) in [6.07, 6.45) is 0. The van der Waals surface area contributed by atoms with Crippen LogP contribution in [0.3, 0.4) is 0 Å². The van der Waals surface area contributed by atoms with Crippen molar-refractivity contribution in [3.63, 3.8) is 0 Å². The maximum atomic E-state index is 12.2. The Labute approximate surface area is 148 Å². The SMILES string of the molecule is O=C(Nc1ccccc1Cl)c1ccc(Nc2cccc(Cl)c2)nn1. The van der Waals surface area contributed by atoms with Crippen LogP contribution >= 0.6 is 23.2 Å². The molecule has 0 bridgehead atoms. The van der Waals surface area contributed by atoms with E-state index in [0.29, 0.717) is 21.6 Å². The van der Waals surface area contributed by atoms with Crippen LogP contribution in [0, 0.1) is 0 Å². The first-order valence-electron chi connectivity index (χ1n) is 7.04. The van der Waals surface area contributed by atoms with Gasteiger partial charge in [0.1, 0.15) is 0 Å². The third kappa shape index (κ3) is 4.01. The Morgan fingerprint density at radius 3 is 2.46 bits per heavy atom. The van der Waals surface area contributed by atoms with Gasteiger partial charge in [-0.2, -0.15) is 0 Å². The number of carbonyl (C=O) groups excluding carboxylic acids is 1. The normalized spacial score (nSPS) is 10.2. The second-order valence-corrected chi connectivity index (χ2v) is 5.72. The number of carbonyl (C=O) groups is 1. The van der Waals surface area contributed by atoms with Crippen LogP contribution in [0.4, 0.5) is 17.2 Å². The third-order valence-electron chi connectivity index (χ3n) is 3.12. The van der Waals surface area contributed by atoms with E-state index < -0.39 is 0 Å². The minimum atomic E-state index is -0.384. The maximum Gasteiger partial charge on any atom is 0.276 e. The summed E-state index contributed by atoms with van der Waals surface area (Å²) < 4.78 is 0. The highest BCUT2D eigenvalue weighted by molar-refractivity contribution is 6.33. The number of nitrogens with one attached hydrogen (secondary N) is 2. The topological polar surface area (TPSA) is 66.9 Å². The molecule has 0 unspecified atom stereocenters. The molecule has 0 radical (unpaired) electrons. The van der Waals surface area contributed by atoms with Crippen molar-refractivity contribution in [3.05, 3.63) is 76.4 Å². The van der Waals surface area contributed by atoms with Crippen LogP contribution in [0.5, 0.6) is 0 Å². The first-order valence-corrected chi connectivity index (χ1v) is 7.79. The highest BCUT2D eigenvalue weighted by atomic mass is 35.5. The molecule has 0 atom stereocenters. The molecule has 0 aliphatic carbocycles. The van der Waals surface area contributed by atoms with Crippen LogP contribution < -0.4 is 10.6 Å². The summed E-state index contributed by atoms with van der Waals surface area (Å²) in [4.78, 5) is 12.2. The Bertz CT molecular complexity index is 868. The molecule has 24 heavy (non-hydrogen) atoms. The standard InChI is InChI=1S/C17H12Cl2N4O/c18-11-4-3-5-12(10-11)20-16-9-8-15(22-23-16)17(24)21-14-7-2-1-6-13(14)19/h1-10H,(H,20,23)(H,21,24). The van der Waals surface area contributed by atoms with E-state index in [9.17, 15) is 4.79 Å². The average molecular weight is 359 g/mol. The van der Waals surface area contributed by atoms with Gasteiger partial charge in [0.2, 0.25) is 0 Å². The summed E-state index contributed by atoms with van der Waals surface area (Å²) in [5.74, 6) is 0.122. The van der Waals surface area contributed by atoms with Gasteiger partial charge in [0.15, 0.2) is 11.5 Å². The van der Waals surface area contributed by atoms with Crippen molar-refractivity contribution in [1.29, 1.82) is 0 Å². The summed E-state index contributed by atoms with van der Waals surface area (Å²) in [6, 6.07) is 17.4. The zero-order chi connectivity index (χ0) is 16.9. The first kappa shape index (κ1) is 16.2. The number of anilines is 3. The summed E-state index contributed by atoms with van der Waals surface area (Å²) in [5, 5.41) is 14.7. The Morgan fingerprint density at radius 2 is 1.75 bits per heavy atom. The molecule has 2 N–H and O–H groups in total. The van der Waals surface area contributed by atoms with E-state index in [-0.39, 0.29) is 11.6 Å². The number of hydrogen-bond donors (Lipinski definition) is 2. The van der Waals surface area contributed by atoms with E-state index in [1.807, 2.05) is 12.1 Å². The van der Waals surface area contributed by atoms with Crippen molar-refractivity contribution in [2.75, 3.05) is 10.6 Å². The first-order chi connectivity index (χ1) is 11.6. The van der Waals surface area contributed by atoms with Crippen molar-refractivity contribution in [2.45, 2.75) is 0 Å². The van der Waals surface area contributed by atoms with Crippen LogP contribution in [0.25, 0.3) is 0 Å². The van der Waals surface area contributed by atoms with E-state index >= 15 is 0 Å². The van der Waals surface area contributed by atoms with Gasteiger partial charge in [-0.1, -0.05) is 41.4 Å². The lowest BCUT2D eigenvalue weighted by Gasteiger charge is -2.07. The van der Waals surface area contributed by atoms with Gasteiger partial charge in [-0.25, -0.2) is 0 Å². The van der Waals surface area contributed by atoms with Gasteiger partial charge in [0.25, 0.3) is 5.91 Å². The van der Waals surface area contributed by atoms with Crippen LogP contribution in [-0.2, 0) is 0 Å². The van der Waals surface area contributed by atoms with Gasteiger partial charge >= 0.3 is 0 Å². The number of amides is 1. The van der Waals surface area contributed by atoms with Gasteiger partial charge in [-0.3, -0.25) is 4.79 Å². The summed E-state index contributed by atoms with van der Waals surface area (Å²) in [6.45, 7) is 0. The molecule has 0 aliphatic rings. The van der Waals surface area contributed by atoms with Crippen molar-refractivity contribution < 1.29 is 4.79 Å². The molecule has 7 heteroatoms. The Morgan fingerprint density at radius 1 is 0.917 bits per heavy atom. The molecule has 1 aromatic heterocycles. The van der Waals surface area contributed by atoms with Gasteiger partial charge in [-0.15, -0.1) is 10.2 Å². The quantitative estimate of drug-likeness (QED) is 0.704. The van der Waals surface area contributed by atoms with E-state index in [1.165, 1.54) is 0 Å². The number of benzene rings is 2. The summed E-state index contributed by atoms with van der Waals surface area (Å²) >= 11 is 11.9. The van der Waals surface area contributed by atoms with Crippen LogP contribution in [0.2, 0.25) is 10.0 Å². The van der Waals surface area contributed by atoms with E-state index in [4.69, 9.17) is 23.2 Å². The molecular weight excluding hydrogens is 347 g/mol. The third-order valence-corrected chi connectivity index (χ3v) is 3.68. The Balaban J connectivity index is 1.70. The van der Waals surface area contributed by atoms with Crippen molar-refractivity contribution in [1.82, 2.24) is 10.2 Å². The zero-order valence-electron chi connectivity index (χ0n) is 12.3. The second kappa shape index (κ2) is 7.29. The fraction of sp³-hybridized carbons (Fsp3) is 0. The molecule has 5 nitrogen and oxygen atoms in total. The molecule has 0 saturated carbocycles. The lowest BCUT2D eigenvalue weighted by atomic mass is 10.3. The van der Waals surface area contributed by atoms with Crippen LogP contribution in [0.1, 0.15) is 10.5 Å². The van der Waals surface area contributed by atoms with E-state index in [1.54, 1.807) is 48.5 Å². The second-order valence-electron chi connectivity index (χ2n) is 4.87. The van der Waals surface area contributed by atoms with Crippen LogP contribution in [-0.4, -0.2) is 16.1 Å².